The molecule has 1 aromatic heterocycles. The van der Waals surface area contributed by atoms with E-state index in [2.05, 4.69) is 5.10 Å². The summed E-state index contributed by atoms with van der Waals surface area (Å²) in [6.07, 6.45) is 3.35. The highest BCUT2D eigenvalue weighted by Crippen LogP contribution is 2.24. The van der Waals surface area contributed by atoms with E-state index in [0.717, 1.165) is 12.8 Å². The number of aryl methyl sites for hydroxylation is 1. The summed E-state index contributed by atoms with van der Waals surface area (Å²) in [6, 6.07) is 0.869. The van der Waals surface area contributed by atoms with Gasteiger partial charge in [0, 0.05) is 19.8 Å². The van der Waals surface area contributed by atoms with E-state index in [0.29, 0.717) is 12.2 Å². The third-order valence-corrected chi connectivity index (χ3v) is 3.38. The van der Waals surface area contributed by atoms with E-state index in [-0.39, 0.29) is 11.8 Å². The topological polar surface area (TPSA) is 75.4 Å². The van der Waals surface area contributed by atoms with Gasteiger partial charge in [-0.1, -0.05) is 6.92 Å². The molecule has 6 nitrogen and oxygen atoms in total. The largest absolute Gasteiger partial charge is 0.480 e. The molecule has 0 aromatic carbocycles. The Kier molecular flexibility index (Phi) is 3.36. The maximum Gasteiger partial charge on any atom is 0.326 e. The van der Waals surface area contributed by atoms with Crippen molar-refractivity contribution in [3.8, 4) is 0 Å². The Morgan fingerprint density at radius 3 is 2.78 bits per heavy atom. The van der Waals surface area contributed by atoms with Gasteiger partial charge in [0.1, 0.15) is 11.7 Å². The van der Waals surface area contributed by atoms with Crippen molar-refractivity contribution in [2.45, 2.75) is 25.8 Å². The van der Waals surface area contributed by atoms with Crippen LogP contribution in [0.25, 0.3) is 0 Å². The first-order chi connectivity index (χ1) is 8.50. The average molecular weight is 251 g/mol. The lowest BCUT2D eigenvalue weighted by molar-refractivity contribution is -0.145. The van der Waals surface area contributed by atoms with Crippen molar-refractivity contribution in [1.29, 1.82) is 0 Å². The summed E-state index contributed by atoms with van der Waals surface area (Å²) in [5.41, 5.74) is 0.304. The Balaban J connectivity index is 2.24. The molecule has 0 bridgehead atoms. The van der Waals surface area contributed by atoms with Gasteiger partial charge in [0.2, 0.25) is 0 Å². The molecule has 2 rings (SSSR count). The Morgan fingerprint density at radius 1 is 1.50 bits per heavy atom. The summed E-state index contributed by atoms with van der Waals surface area (Å²) >= 11 is 0. The number of piperidine rings is 1. The molecule has 2 atom stereocenters. The molecular formula is C12H17N3O3. The van der Waals surface area contributed by atoms with Crippen LogP contribution in [0.1, 0.15) is 30.3 Å². The van der Waals surface area contributed by atoms with Crippen LogP contribution in [0, 0.1) is 5.92 Å². The van der Waals surface area contributed by atoms with Crippen LogP contribution in [-0.2, 0) is 11.8 Å². The average Bonchev–Trinajstić information content (AvgIpc) is 2.74. The van der Waals surface area contributed by atoms with E-state index < -0.39 is 12.0 Å². The molecule has 1 amide bonds. The molecule has 1 N–H and O–H groups in total. The number of nitrogens with zero attached hydrogens (tertiary/aromatic N) is 3. The Bertz CT molecular complexity index is 469. The monoisotopic (exact) mass is 251 g/mol. The number of carbonyl (C=O) groups is 2. The first-order valence-corrected chi connectivity index (χ1v) is 6.04. The molecule has 0 saturated carbocycles. The molecule has 0 radical (unpaired) electrons. The number of likely N-dealkylation sites (tertiary alicyclic amines) is 1. The number of amides is 1. The summed E-state index contributed by atoms with van der Waals surface area (Å²) in [4.78, 5) is 25.0. The van der Waals surface area contributed by atoms with Crippen LogP contribution in [0.2, 0.25) is 0 Å². The molecule has 6 heteroatoms. The van der Waals surface area contributed by atoms with E-state index >= 15 is 0 Å². The SMILES string of the molecule is CC1CCCN(C(=O)c2ccn(C)n2)C1C(=O)O. The number of hydrogen-bond donors (Lipinski definition) is 1. The second-order valence-electron chi connectivity index (χ2n) is 4.78. The Labute approximate surface area is 105 Å². The smallest absolute Gasteiger partial charge is 0.326 e. The van der Waals surface area contributed by atoms with Crippen LogP contribution >= 0.6 is 0 Å². The van der Waals surface area contributed by atoms with Crippen molar-refractivity contribution < 1.29 is 14.7 Å². The molecule has 1 fully saturated rings. The second kappa shape index (κ2) is 4.80. The van der Waals surface area contributed by atoms with Crippen LogP contribution in [0.5, 0.6) is 0 Å². The normalized spacial score (nSPS) is 24.0. The third kappa shape index (κ3) is 2.23. The Morgan fingerprint density at radius 2 is 2.22 bits per heavy atom. The van der Waals surface area contributed by atoms with E-state index in [1.165, 1.54) is 9.58 Å². The number of carbonyl (C=O) groups excluding carboxylic acids is 1. The van der Waals surface area contributed by atoms with Crippen molar-refractivity contribution in [3.05, 3.63) is 18.0 Å². The fourth-order valence-corrected chi connectivity index (χ4v) is 2.47. The highest BCUT2D eigenvalue weighted by atomic mass is 16.4. The van der Waals surface area contributed by atoms with Gasteiger partial charge in [0.05, 0.1) is 0 Å². The summed E-state index contributed by atoms with van der Waals surface area (Å²) in [5.74, 6) is -1.26. The fraction of sp³-hybridized carbons (Fsp3) is 0.583. The third-order valence-electron chi connectivity index (χ3n) is 3.38. The molecule has 2 heterocycles. The number of aromatic nitrogens is 2. The molecule has 1 aromatic rings. The lowest BCUT2D eigenvalue weighted by Crippen LogP contribution is -2.52. The first-order valence-electron chi connectivity index (χ1n) is 6.04. The van der Waals surface area contributed by atoms with Crippen LogP contribution in [0.15, 0.2) is 12.3 Å². The van der Waals surface area contributed by atoms with Crippen LogP contribution < -0.4 is 0 Å². The highest BCUT2D eigenvalue weighted by molar-refractivity contribution is 5.95. The lowest BCUT2D eigenvalue weighted by Gasteiger charge is -2.36. The minimum Gasteiger partial charge on any atom is -0.480 e. The van der Waals surface area contributed by atoms with Crippen LogP contribution in [0.4, 0.5) is 0 Å². The fourth-order valence-electron chi connectivity index (χ4n) is 2.47. The second-order valence-corrected chi connectivity index (χ2v) is 4.78. The summed E-state index contributed by atoms with van der Waals surface area (Å²) in [7, 11) is 1.73. The predicted octanol–water partition coefficient (Wildman–Crippen LogP) is 0.745. The zero-order chi connectivity index (χ0) is 13.3. The number of hydrogen-bond acceptors (Lipinski definition) is 3. The van der Waals surface area contributed by atoms with Crippen LogP contribution in [-0.4, -0.2) is 44.3 Å². The summed E-state index contributed by atoms with van der Waals surface area (Å²) in [6.45, 7) is 2.35. The van der Waals surface area contributed by atoms with Crippen LogP contribution in [0.3, 0.4) is 0 Å². The minimum atomic E-state index is -0.938. The van der Waals surface area contributed by atoms with Gasteiger partial charge in [-0.2, -0.15) is 5.10 Å². The maximum atomic E-state index is 12.3. The molecule has 2 unspecified atom stereocenters. The van der Waals surface area contributed by atoms with E-state index in [1.807, 2.05) is 6.92 Å². The minimum absolute atomic E-state index is 0.0242. The molecule has 1 aliphatic rings. The first kappa shape index (κ1) is 12.6. The van der Waals surface area contributed by atoms with E-state index in [4.69, 9.17) is 0 Å². The van der Waals surface area contributed by atoms with E-state index in [9.17, 15) is 14.7 Å². The van der Waals surface area contributed by atoms with Crippen molar-refractivity contribution in [2.24, 2.45) is 13.0 Å². The number of aliphatic carboxylic acids is 1. The molecular weight excluding hydrogens is 234 g/mol. The quantitative estimate of drug-likeness (QED) is 0.841. The summed E-state index contributed by atoms with van der Waals surface area (Å²) in [5, 5.41) is 13.3. The van der Waals surface area contributed by atoms with Gasteiger partial charge < -0.3 is 10.0 Å². The van der Waals surface area contributed by atoms with Gasteiger partial charge in [0.25, 0.3) is 5.91 Å². The zero-order valence-corrected chi connectivity index (χ0v) is 10.5. The number of carboxylic acid groups (broad SMARTS) is 1. The van der Waals surface area contributed by atoms with Crippen molar-refractivity contribution in [2.75, 3.05) is 6.54 Å². The Hall–Kier alpha value is -1.85. The molecule has 0 spiro atoms. The van der Waals surface area contributed by atoms with Gasteiger partial charge >= 0.3 is 5.97 Å². The van der Waals surface area contributed by atoms with Crippen molar-refractivity contribution >= 4 is 11.9 Å². The number of carboxylic acids is 1. The van der Waals surface area contributed by atoms with E-state index in [1.54, 1.807) is 19.3 Å². The molecule has 1 saturated heterocycles. The van der Waals surface area contributed by atoms with Crippen molar-refractivity contribution in [3.63, 3.8) is 0 Å². The maximum absolute atomic E-state index is 12.3. The molecule has 1 aliphatic heterocycles. The number of rotatable bonds is 2. The lowest BCUT2D eigenvalue weighted by atomic mass is 9.90. The van der Waals surface area contributed by atoms with Gasteiger partial charge in [-0.3, -0.25) is 9.48 Å². The standard InChI is InChI=1S/C12H17N3O3/c1-8-4-3-6-15(10(8)12(17)18)11(16)9-5-7-14(2)13-9/h5,7-8,10H,3-4,6H2,1-2H3,(H,17,18). The van der Waals surface area contributed by atoms with Gasteiger partial charge in [-0.15, -0.1) is 0 Å². The van der Waals surface area contributed by atoms with Gasteiger partial charge in [-0.25, -0.2) is 4.79 Å². The molecule has 0 aliphatic carbocycles. The zero-order valence-electron chi connectivity index (χ0n) is 10.5. The van der Waals surface area contributed by atoms with Gasteiger partial charge in [-0.05, 0) is 24.8 Å². The summed E-state index contributed by atoms with van der Waals surface area (Å²) < 4.78 is 1.54. The predicted molar refractivity (Wildman–Crippen MR) is 64.1 cm³/mol. The molecule has 18 heavy (non-hydrogen) atoms. The molecule has 98 valence electrons. The van der Waals surface area contributed by atoms with Gasteiger partial charge in [0.15, 0.2) is 0 Å². The highest BCUT2D eigenvalue weighted by Gasteiger charge is 2.37. The van der Waals surface area contributed by atoms with Crippen molar-refractivity contribution in [1.82, 2.24) is 14.7 Å².